The molecule has 0 fully saturated rings. The van der Waals surface area contributed by atoms with Crippen molar-refractivity contribution in [2.24, 2.45) is 0 Å². The van der Waals surface area contributed by atoms with E-state index in [1.165, 1.54) is 6.33 Å². The molecule has 2 N–H and O–H groups in total. The Labute approximate surface area is 120 Å². The van der Waals surface area contributed by atoms with Gasteiger partial charge < -0.3 is 15.4 Å². The van der Waals surface area contributed by atoms with E-state index in [1.54, 1.807) is 6.07 Å². The molecule has 1 aromatic rings. The third kappa shape index (κ3) is 6.04. The number of hydrogen-bond donors (Lipinski definition) is 2. The number of hydrogen-bond acceptors (Lipinski definition) is 5. The van der Waals surface area contributed by atoms with Crippen LogP contribution in [0.15, 0.2) is 48.7 Å². The summed E-state index contributed by atoms with van der Waals surface area (Å²) in [6.45, 7) is 4.92. The maximum absolute atomic E-state index is 5.73. The second-order valence-corrected chi connectivity index (χ2v) is 3.99. The van der Waals surface area contributed by atoms with Gasteiger partial charge in [0.1, 0.15) is 17.9 Å². The summed E-state index contributed by atoms with van der Waals surface area (Å²) in [5.41, 5.74) is 0. The molecule has 0 radical (unpaired) electrons. The van der Waals surface area contributed by atoms with Gasteiger partial charge >= 0.3 is 0 Å². The van der Waals surface area contributed by atoms with Crippen LogP contribution in [0.4, 0.5) is 5.82 Å². The van der Waals surface area contributed by atoms with Crippen molar-refractivity contribution in [3.05, 3.63) is 48.7 Å². The van der Waals surface area contributed by atoms with Crippen LogP contribution in [0.25, 0.3) is 0 Å². The molecule has 5 heteroatoms. The van der Waals surface area contributed by atoms with E-state index < -0.39 is 0 Å². The van der Waals surface area contributed by atoms with E-state index in [1.807, 2.05) is 44.5 Å². The molecule has 0 amide bonds. The van der Waals surface area contributed by atoms with Gasteiger partial charge in [-0.3, -0.25) is 0 Å². The van der Waals surface area contributed by atoms with Gasteiger partial charge in [0, 0.05) is 19.7 Å². The van der Waals surface area contributed by atoms with Gasteiger partial charge in [-0.25, -0.2) is 9.97 Å². The predicted octanol–water partition coefficient (Wildman–Crippen LogP) is 2.87. The minimum Gasteiger partial charge on any atom is -0.439 e. The Hall–Kier alpha value is -2.30. The lowest BCUT2D eigenvalue weighted by atomic mass is 10.4. The summed E-state index contributed by atoms with van der Waals surface area (Å²) in [6, 6.07) is 1.79. The minimum atomic E-state index is 0.515. The fourth-order valence-electron chi connectivity index (χ4n) is 1.39. The molecule has 0 aliphatic rings. The Balaban J connectivity index is 2.77. The van der Waals surface area contributed by atoms with E-state index in [4.69, 9.17) is 4.74 Å². The van der Waals surface area contributed by atoms with E-state index in [-0.39, 0.29) is 0 Å². The zero-order valence-corrected chi connectivity index (χ0v) is 12.3. The molecule has 0 aliphatic carbocycles. The maximum atomic E-state index is 5.73. The molecule has 5 nitrogen and oxygen atoms in total. The van der Waals surface area contributed by atoms with Gasteiger partial charge in [-0.1, -0.05) is 13.0 Å². The van der Waals surface area contributed by atoms with Crippen LogP contribution in [0.2, 0.25) is 0 Å². The predicted molar refractivity (Wildman–Crippen MR) is 82.5 cm³/mol. The van der Waals surface area contributed by atoms with Gasteiger partial charge in [-0.05, 0) is 37.8 Å². The first-order valence-corrected chi connectivity index (χ1v) is 6.70. The van der Waals surface area contributed by atoms with Gasteiger partial charge in [0.05, 0.1) is 0 Å². The third-order valence-electron chi connectivity index (χ3n) is 2.27. The lowest BCUT2D eigenvalue weighted by Gasteiger charge is -2.07. The normalized spacial score (nSPS) is 12.1. The first-order valence-electron chi connectivity index (χ1n) is 6.70. The summed E-state index contributed by atoms with van der Waals surface area (Å²) in [7, 11) is 1.84. The van der Waals surface area contributed by atoms with Gasteiger partial charge in [-0.15, -0.1) is 0 Å². The monoisotopic (exact) mass is 274 g/mol. The number of aromatic nitrogens is 2. The summed E-state index contributed by atoms with van der Waals surface area (Å²) in [5, 5.41) is 6.12. The van der Waals surface area contributed by atoms with Crippen LogP contribution in [0.5, 0.6) is 5.88 Å². The molecule has 0 atom stereocenters. The highest BCUT2D eigenvalue weighted by Crippen LogP contribution is 2.14. The zero-order valence-electron chi connectivity index (χ0n) is 12.3. The minimum absolute atomic E-state index is 0.515. The molecule has 0 bridgehead atoms. The highest BCUT2D eigenvalue weighted by molar-refractivity contribution is 5.38. The average Bonchev–Trinajstić information content (AvgIpc) is 2.46. The van der Waals surface area contributed by atoms with Crippen LogP contribution in [0.1, 0.15) is 20.3 Å². The Morgan fingerprint density at radius 2 is 2.25 bits per heavy atom. The number of nitrogens with one attached hydrogen (secondary N) is 2. The summed E-state index contributed by atoms with van der Waals surface area (Å²) in [4.78, 5) is 8.25. The van der Waals surface area contributed by atoms with Crippen LogP contribution in [-0.4, -0.2) is 23.6 Å². The first kappa shape index (κ1) is 15.8. The fourth-order valence-corrected chi connectivity index (χ4v) is 1.39. The Bertz CT molecular complexity index is 481. The second kappa shape index (κ2) is 9.61. The van der Waals surface area contributed by atoms with Crippen LogP contribution in [-0.2, 0) is 0 Å². The molecule has 0 saturated heterocycles. The van der Waals surface area contributed by atoms with Gasteiger partial charge in [0.25, 0.3) is 0 Å². The number of anilines is 1. The van der Waals surface area contributed by atoms with Crippen molar-refractivity contribution < 1.29 is 4.74 Å². The summed E-state index contributed by atoms with van der Waals surface area (Å²) in [6.07, 6.45) is 11.9. The van der Waals surface area contributed by atoms with Crippen molar-refractivity contribution in [1.29, 1.82) is 0 Å². The first-order chi connectivity index (χ1) is 9.80. The molecule has 1 aromatic heterocycles. The number of allylic oxidation sites excluding steroid dienone is 4. The highest BCUT2D eigenvalue weighted by Gasteiger charge is 2.01. The maximum Gasteiger partial charge on any atom is 0.224 e. The SMILES string of the molecule is C\C=C/C(=C\C=C\NC)Oc1cc(NCCC)ncn1. The van der Waals surface area contributed by atoms with Crippen molar-refractivity contribution in [2.45, 2.75) is 20.3 Å². The van der Waals surface area contributed by atoms with E-state index in [9.17, 15) is 0 Å². The Morgan fingerprint density at radius 3 is 2.95 bits per heavy atom. The zero-order chi connectivity index (χ0) is 14.6. The van der Waals surface area contributed by atoms with Crippen LogP contribution >= 0.6 is 0 Å². The fraction of sp³-hybridized carbons (Fsp3) is 0.333. The van der Waals surface area contributed by atoms with E-state index >= 15 is 0 Å². The van der Waals surface area contributed by atoms with Crippen molar-refractivity contribution >= 4 is 5.82 Å². The van der Waals surface area contributed by atoms with Gasteiger partial charge in [0.2, 0.25) is 5.88 Å². The van der Waals surface area contributed by atoms with E-state index in [0.29, 0.717) is 11.6 Å². The van der Waals surface area contributed by atoms with Gasteiger partial charge in [-0.2, -0.15) is 0 Å². The molecule has 108 valence electrons. The topological polar surface area (TPSA) is 59.1 Å². The van der Waals surface area contributed by atoms with Gasteiger partial charge in [0.15, 0.2) is 0 Å². The summed E-state index contributed by atoms with van der Waals surface area (Å²) in [5.74, 6) is 1.99. The van der Waals surface area contributed by atoms with Crippen molar-refractivity contribution in [2.75, 3.05) is 18.9 Å². The van der Waals surface area contributed by atoms with Crippen LogP contribution in [0.3, 0.4) is 0 Å². The summed E-state index contributed by atoms with van der Waals surface area (Å²) < 4.78 is 5.73. The molecular formula is C15H22N4O. The molecule has 1 heterocycles. The number of nitrogens with zero attached hydrogens (tertiary/aromatic N) is 2. The largest absolute Gasteiger partial charge is 0.439 e. The van der Waals surface area contributed by atoms with E-state index in [2.05, 4.69) is 27.5 Å². The molecule has 0 aliphatic heterocycles. The van der Waals surface area contributed by atoms with Crippen molar-refractivity contribution in [3.8, 4) is 5.88 Å². The quantitative estimate of drug-likeness (QED) is 0.564. The second-order valence-electron chi connectivity index (χ2n) is 3.99. The Morgan fingerprint density at radius 1 is 1.40 bits per heavy atom. The third-order valence-corrected chi connectivity index (χ3v) is 2.27. The lowest BCUT2D eigenvalue weighted by molar-refractivity contribution is 0.425. The molecular weight excluding hydrogens is 252 g/mol. The highest BCUT2D eigenvalue weighted by atomic mass is 16.5. The standard InChI is InChI=1S/C15H22N4O/c1-4-7-13(8-6-10-16-3)20-15-11-14(17-9-5-2)18-12-19-15/h4,6-8,10-12,16H,5,9H2,1-3H3,(H,17,18,19)/b7-4-,10-6+,13-8+. The van der Waals surface area contributed by atoms with Crippen LogP contribution in [0, 0.1) is 0 Å². The molecule has 20 heavy (non-hydrogen) atoms. The molecule has 0 aromatic carbocycles. The average molecular weight is 274 g/mol. The Kier molecular flexibility index (Phi) is 7.57. The molecule has 0 unspecified atom stereocenters. The van der Waals surface area contributed by atoms with Crippen LogP contribution < -0.4 is 15.4 Å². The van der Waals surface area contributed by atoms with Crippen molar-refractivity contribution in [1.82, 2.24) is 15.3 Å². The molecule has 1 rings (SSSR count). The number of rotatable bonds is 8. The smallest absolute Gasteiger partial charge is 0.224 e. The molecule has 0 spiro atoms. The van der Waals surface area contributed by atoms with E-state index in [0.717, 1.165) is 18.8 Å². The summed E-state index contributed by atoms with van der Waals surface area (Å²) >= 11 is 0. The lowest BCUT2D eigenvalue weighted by Crippen LogP contribution is -2.03. The van der Waals surface area contributed by atoms with Crippen molar-refractivity contribution in [3.63, 3.8) is 0 Å². The number of ether oxygens (including phenoxy) is 1. The molecule has 0 saturated carbocycles.